The Balaban J connectivity index is 1.96. The summed E-state index contributed by atoms with van der Waals surface area (Å²) in [4.78, 5) is 13.9. The van der Waals surface area contributed by atoms with Crippen LogP contribution in [-0.2, 0) is 4.79 Å². The summed E-state index contributed by atoms with van der Waals surface area (Å²) >= 11 is 0. The van der Waals surface area contributed by atoms with Crippen molar-refractivity contribution >= 4 is 5.91 Å². The number of hydrogen-bond acceptors (Lipinski definition) is 1. The van der Waals surface area contributed by atoms with Gasteiger partial charge in [-0.25, -0.2) is 4.39 Å². The number of nitrogens with zero attached hydrogens (tertiary/aromatic N) is 1. The van der Waals surface area contributed by atoms with Gasteiger partial charge in [0.1, 0.15) is 5.82 Å². The van der Waals surface area contributed by atoms with E-state index in [4.69, 9.17) is 0 Å². The molecule has 0 N–H and O–H groups in total. The molecule has 2 nitrogen and oxygen atoms in total. The molecule has 0 aliphatic carbocycles. The fourth-order valence-electron chi connectivity index (χ4n) is 2.29. The maximum Gasteiger partial charge on any atom is 0.223 e. The summed E-state index contributed by atoms with van der Waals surface area (Å²) < 4.78 is 13.1. The molecule has 2 rings (SSSR count). The maximum absolute atomic E-state index is 13.1. The Morgan fingerprint density at radius 1 is 1.41 bits per heavy atom. The number of benzene rings is 1. The van der Waals surface area contributed by atoms with Gasteiger partial charge < -0.3 is 4.90 Å². The van der Waals surface area contributed by atoms with Crippen molar-refractivity contribution in [2.24, 2.45) is 0 Å². The van der Waals surface area contributed by atoms with Crippen LogP contribution in [0.5, 0.6) is 0 Å². The molecule has 0 aromatic heterocycles. The highest BCUT2D eigenvalue weighted by molar-refractivity contribution is 5.77. The Kier molecular flexibility index (Phi) is 3.77. The number of halogens is 1. The van der Waals surface area contributed by atoms with Crippen LogP contribution < -0.4 is 0 Å². The number of carbonyl (C=O) groups excluding carboxylic acids is 1. The molecule has 1 atom stereocenters. The smallest absolute Gasteiger partial charge is 0.223 e. The van der Waals surface area contributed by atoms with E-state index in [1.54, 1.807) is 6.07 Å². The molecule has 0 spiro atoms. The average Bonchev–Trinajstić information content (AvgIpc) is 2.82. The molecule has 1 amide bonds. The second-order valence-corrected chi connectivity index (χ2v) is 4.75. The molecule has 1 unspecified atom stereocenters. The fourth-order valence-corrected chi connectivity index (χ4v) is 2.29. The summed E-state index contributed by atoms with van der Waals surface area (Å²) in [6.45, 7) is 3.74. The number of likely N-dealkylation sites (tertiary alicyclic amines) is 1. The molecule has 92 valence electrons. The first-order valence-corrected chi connectivity index (χ1v) is 6.20. The first kappa shape index (κ1) is 12.1. The van der Waals surface area contributed by atoms with Crippen LogP contribution in [0.15, 0.2) is 24.3 Å². The van der Waals surface area contributed by atoms with Crippen molar-refractivity contribution in [3.63, 3.8) is 0 Å². The van der Waals surface area contributed by atoms with E-state index < -0.39 is 0 Å². The summed E-state index contributed by atoms with van der Waals surface area (Å²) in [6, 6.07) is 6.52. The van der Waals surface area contributed by atoms with Crippen LogP contribution in [0.1, 0.15) is 37.7 Å². The number of carbonyl (C=O) groups is 1. The van der Waals surface area contributed by atoms with Crippen LogP contribution in [0.2, 0.25) is 0 Å². The molecular weight excluding hydrogens is 217 g/mol. The molecule has 0 radical (unpaired) electrons. The minimum Gasteiger partial charge on any atom is -0.343 e. The van der Waals surface area contributed by atoms with Crippen LogP contribution in [0.3, 0.4) is 0 Å². The lowest BCUT2D eigenvalue weighted by Crippen LogP contribution is -2.28. The molecule has 0 saturated carbocycles. The number of rotatable bonds is 3. The highest BCUT2D eigenvalue weighted by Crippen LogP contribution is 2.21. The first-order valence-electron chi connectivity index (χ1n) is 6.20. The molecule has 3 heteroatoms. The van der Waals surface area contributed by atoms with E-state index in [2.05, 4.69) is 0 Å². The topological polar surface area (TPSA) is 20.3 Å². The zero-order valence-corrected chi connectivity index (χ0v) is 10.2. The SMILES string of the molecule is CC(CC(=O)N1CCCC1)c1cccc(F)c1. The van der Waals surface area contributed by atoms with Gasteiger partial charge in [-0.3, -0.25) is 4.79 Å². The third-order valence-electron chi connectivity index (χ3n) is 3.36. The lowest BCUT2D eigenvalue weighted by molar-refractivity contribution is -0.130. The predicted octanol–water partition coefficient (Wildman–Crippen LogP) is 2.94. The Morgan fingerprint density at radius 3 is 2.76 bits per heavy atom. The zero-order chi connectivity index (χ0) is 12.3. The average molecular weight is 235 g/mol. The lowest BCUT2D eigenvalue weighted by Gasteiger charge is -2.18. The summed E-state index contributed by atoms with van der Waals surface area (Å²) in [7, 11) is 0. The molecule has 1 heterocycles. The maximum atomic E-state index is 13.1. The van der Waals surface area contributed by atoms with Gasteiger partial charge >= 0.3 is 0 Å². The Bertz CT molecular complexity index is 399. The molecule has 1 fully saturated rings. The summed E-state index contributed by atoms with van der Waals surface area (Å²) in [5.41, 5.74) is 0.901. The van der Waals surface area contributed by atoms with Gasteiger partial charge in [-0.2, -0.15) is 0 Å². The van der Waals surface area contributed by atoms with Crippen molar-refractivity contribution < 1.29 is 9.18 Å². The Hall–Kier alpha value is -1.38. The number of amides is 1. The van der Waals surface area contributed by atoms with Gasteiger partial charge in [0, 0.05) is 19.5 Å². The van der Waals surface area contributed by atoms with Crippen LogP contribution in [0.25, 0.3) is 0 Å². The van der Waals surface area contributed by atoms with Crippen molar-refractivity contribution in [1.82, 2.24) is 4.90 Å². The minimum atomic E-state index is -0.233. The van der Waals surface area contributed by atoms with E-state index in [1.165, 1.54) is 12.1 Å². The highest BCUT2D eigenvalue weighted by atomic mass is 19.1. The standard InChI is InChI=1S/C14H18FNO/c1-11(12-5-4-6-13(15)10-12)9-14(17)16-7-2-3-8-16/h4-6,10-11H,2-3,7-9H2,1H3. The van der Waals surface area contributed by atoms with E-state index in [9.17, 15) is 9.18 Å². The van der Waals surface area contributed by atoms with Crippen molar-refractivity contribution in [3.05, 3.63) is 35.6 Å². The molecule has 1 aromatic rings. The lowest BCUT2D eigenvalue weighted by atomic mass is 9.97. The third kappa shape index (κ3) is 3.05. The van der Waals surface area contributed by atoms with Gasteiger partial charge in [-0.1, -0.05) is 19.1 Å². The van der Waals surface area contributed by atoms with Crippen LogP contribution in [0, 0.1) is 5.82 Å². The molecule has 1 aromatic carbocycles. The van der Waals surface area contributed by atoms with Crippen molar-refractivity contribution in [1.29, 1.82) is 0 Å². The second kappa shape index (κ2) is 5.30. The second-order valence-electron chi connectivity index (χ2n) is 4.75. The minimum absolute atomic E-state index is 0.0822. The van der Waals surface area contributed by atoms with Crippen molar-refractivity contribution in [2.75, 3.05) is 13.1 Å². The first-order chi connectivity index (χ1) is 8.16. The van der Waals surface area contributed by atoms with Crippen molar-refractivity contribution in [2.45, 2.75) is 32.1 Å². The summed E-state index contributed by atoms with van der Waals surface area (Å²) in [5.74, 6) is 0.0426. The highest BCUT2D eigenvalue weighted by Gasteiger charge is 2.20. The zero-order valence-electron chi connectivity index (χ0n) is 10.2. The predicted molar refractivity (Wildman–Crippen MR) is 65.2 cm³/mol. The van der Waals surface area contributed by atoms with E-state index >= 15 is 0 Å². The van der Waals surface area contributed by atoms with Gasteiger partial charge in [0.25, 0.3) is 0 Å². The third-order valence-corrected chi connectivity index (χ3v) is 3.36. The molecule has 1 saturated heterocycles. The molecule has 0 bridgehead atoms. The van der Waals surface area contributed by atoms with Gasteiger partial charge in [-0.15, -0.1) is 0 Å². The van der Waals surface area contributed by atoms with E-state index in [0.29, 0.717) is 6.42 Å². The fraction of sp³-hybridized carbons (Fsp3) is 0.500. The van der Waals surface area contributed by atoms with Gasteiger partial charge in [0.05, 0.1) is 0 Å². The number of hydrogen-bond donors (Lipinski definition) is 0. The Labute approximate surface area is 101 Å². The van der Waals surface area contributed by atoms with E-state index in [-0.39, 0.29) is 17.6 Å². The van der Waals surface area contributed by atoms with Crippen LogP contribution in [-0.4, -0.2) is 23.9 Å². The summed E-state index contributed by atoms with van der Waals surface area (Å²) in [5, 5.41) is 0. The molecule has 17 heavy (non-hydrogen) atoms. The Morgan fingerprint density at radius 2 is 2.12 bits per heavy atom. The largest absolute Gasteiger partial charge is 0.343 e. The quantitative estimate of drug-likeness (QED) is 0.788. The van der Waals surface area contributed by atoms with E-state index in [1.807, 2.05) is 17.9 Å². The van der Waals surface area contributed by atoms with Gasteiger partial charge in [-0.05, 0) is 36.5 Å². The molecule has 1 aliphatic heterocycles. The van der Waals surface area contributed by atoms with Crippen LogP contribution in [0.4, 0.5) is 4.39 Å². The van der Waals surface area contributed by atoms with Crippen molar-refractivity contribution in [3.8, 4) is 0 Å². The van der Waals surface area contributed by atoms with E-state index in [0.717, 1.165) is 31.5 Å². The van der Waals surface area contributed by atoms with Gasteiger partial charge in [0.15, 0.2) is 0 Å². The normalized spacial score (nSPS) is 17.2. The summed E-state index contributed by atoms with van der Waals surface area (Å²) in [6.07, 6.45) is 2.70. The monoisotopic (exact) mass is 235 g/mol. The van der Waals surface area contributed by atoms with Crippen LogP contribution >= 0.6 is 0 Å². The van der Waals surface area contributed by atoms with Gasteiger partial charge in [0.2, 0.25) is 5.91 Å². The molecule has 1 aliphatic rings. The molecular formula is C14H18FNO.